The van der Waals surface area contributed by atoms with E-state index >= 15 is 0 Å². The molecule has 19 heavy (non-hydrogen) atoms. The van der Waals surface area contributed by atoms with Crippen molar-refractivity contribution in [1.29, 1.82) is 10.5 Å². The van der Waals surface area contributed by atoms with Crippen LogP contribution in [0.15, 0.2) is 0 Å². The van der Waals surface area contributed by atoms with Crippen LogP contribution in [-0.2, 0) is 19.1 Å². The number of carbonyl (C=O) groups excluding carboxylic acids is 2. The Hall–Kier alpha value is -2.08. The topological polar surface area (TPSA) is 100 Å². The molecule has 100 valence electrons. The zero-order valence-corrected chi connectivity index (χ0v) is 11.0. The summed E-state index contributed by atoms with van der Waals surface area (Å²) in [6, 6.07) is 3.75. The molecule has 0 spiro atoms. The van der Waals surface area contributed by atoms with Gasteiger partial charge in [-0.3, -0.25) is 9.59 Å². The first-order valence-electron chi connectivity index (χ1n) is 5.94. The van der Waals surface area contributed by atoms with Gasteiger partial charge in [0.2, 0.25) is 0 Å². The fourth-order valence-electron chi connectivity index (χ4n) is 3.54. The Morgan fingerprint density at radius 2 is 1.42 bits per heavy atom. The Morgan fingerprint density at radius 3 is 1.63 bits per heavy atom. The molecule has 0 aliphatic heterocycles. The summed E-state index contributed by atoms with van der Waals surface area (Å²) < 4.78 is 9.35. The van der Waals surface area contributed by atoms with Crippen molar-refractivity contribution in [3.8, 4) is 12.1 Å². The van der Waals surface area contributed by atoms with Gasteiger partial charge in [0.15, 0.2) is 10.8 Å². The minimum atomic E-state index is -1.77. The summed E-state index contributed by atoms with van der Waals surface area (Å²) in [5.74, 6) is -1.68. The van der Waals surface area contributed by atoms with E-state index in [1.54, 1.807) is 6.92 Å². The van der Waals surface area contributed by atoms with Gasteiger partial charge in [0.1, 0.15) is 0 Å². The van der Waals surface area contributed by atoms with Crippen LogP contribution in [0, 0.1) is 44.8 Å². The lowest BCUT2D eigenvalue weighted by molar-refractivity contribution is -0.153. The van der Waals surface area contributed by atoms with E-state index in [1.807, 2.05) is 12.1 Å². The average Bonchev–Trinajstić information content (AvgIpc) is 3.31. The number of hydrogen-bond donors (Lipinski definition) is 0. The van der Waals surface area contributed by atoms with Crippen LogP contribution in [0.3, 0.4) is 0 Å². The van der Waals surface area contributed by atoms with Crippen LogP contribution in [0.4, 0.5) is 0 Å². The van der Waals surface area contributed by atoms with E-state index in [0.29, 0.717) is 0 Å². The molecule has 0 bridgehead atoms. The second-order valence-electron chi connectivity index (χ2n) is 5.18. The third-order valence-electron chi connectivity index (χ3n) is 4.77. The molecule has 2 aliphatic carbocycles. The lowest BCUT2D eigenvalue weighted by Crippen LogP contribution is -2.29. The SMILES string of the molecule is COC(=O)C1(C#N)C(C#N)(C(=O)OC)C1(C)C1CC1. The van der Waals surface area contributed by atoms with Gasteiger partial charge in [0, 0.05) is 5.41 Å². The molecule has 6 heteroatoms. The highest BCUT2D eigenvalue weighted by molar-refractivity contribution is 6.02. The monoisotopic (exact) mass is 262 g/mol. The lowest BCUT2D eigenvalue weighted by Gasteiger charge is -2.12. The van der Waals surface area contributed by atoms with Gasteiger partial charge < -0.3 is 9.47 Å². The van der Waals surface area contributed by atoms with Crippen molar-refractivity contribution in [3.63, 3.8) is 0 Å². The molecule has 0 N–H and O–H groups in total. The van der Waals surface area contributed by atoms with E-state index in [9.17, 15) is 20.1 Å². The molecule has 0 aromatic rings. The van der Waals surface area contributed by atoms with Crippen LogP contribution in [0.25, 0.3) is 0 Å². The third kappa shape index (κ3) is 1.06. The maximum absolute atomic E-state index is 12.1. The molecule has 0 saturated heterocycles. The lowest BCUT2D eigenvalue weighted by atomic mass is 9.90. The average molecular weight is 262 g/mol. The van der Waals surface area contributed by atoms with Crippen molar-refractivity contribution < 1.29 is 19.1 Å². The first-order valence-corrected chi connectivity index (χ1v) is 5.94. The summed E-state index contributed by atoms with van der Waals surface area (Å²) >= 11 is 0. The van der Waals surface area contributed by atoms with E-state index < -0.39 is 28.2 Å². The fourth-order valence-corrected chi connectivity index (χ4v) is 3.54. The number of rotatable bonds is 3. The second kappa shape index (κ2) is 3.71. The normalized spacial score (nSPS) is 39.6. The van der Waals surface area contributed by atoms with E-state index in [2.05, 4.69) is 9.47 Å². The number of carbonyl (C=O) groups is 2. The van der Waals surface area contributed by atoms with Crippen LogP contribution in [0.5, 0.6) is 0 Å². The van der Waals surface area contributed by atoms with Gasteiger partial charge in [-0.05, 0) is 18.8 Å². The molecule has 0 aromatic carbocycles. The Balaban J connectivity index is 2.66. The maximum Gasteiger partial charge on any atom is 0.329 e. The van der Waals surface area contributed by atoms with Gasteiger partial charge in [-0.1, -0.05) is 6.92 Å². The first kappa shape index (κ1) is 13.4. The van der Waals surface area contributed by atoms with E-state index in [4.69, 9.17) is 0 Å². The third-order valence-corrected chi connectivity index (χ3v) is 4.77. The summed E-state index contributed by atoms with van der Waals surface area (Å²) in [6.45, 7) is 1.63. The van der Waals surface area contributed by atoms with Gasteiger partial charge in [-0.2, -0.15) is 10.5 Å². The number of methoxy groups -OCH3 is 2. The number of nitrogens with zero attached hydrogens (tertiary/aromatic N) is 2. The van der Waals surface area contributed by atoms with E-state index in [0.717, 1.165) is 27.1 Å². The summed E-state index contributed by atoms with van der Waals surface area (Å²) in [4.78, 5) is 24.1. The van der Waals surface area contributed by atoms with Gasteiger partial charge in [0.05, 0.1) is 26.4 Å². The number of nitriles is 2. The molecule has 2 saturated carbocycles. The molecule has 6 nitrogen and oxygen atoms in total. The van der Waals surface area contributed by atoms with Crippen molar-refractivity contribution in [3.05, 3.63) is 0 Å². The second-order valence-corrected chi connectivity index (χ2v) is 5.18. The summed E-state index contributed by atoms with van der Waals surface area (Å²) in [7, 11) is 2.29. The molecule has 2 atom stereocenters. The minimum absolute atomic E-state index is 0.00926. The highest BCUT2D eigenvalue weighted by Gasteiger charge is 2.97. The molecule has 2 aliphatic rings. The Bertz CT molecular complexity index is 500. The van der Waals surface area contributed by atoms with Gasteiger partial charge >= 0.3 is 11.9 Å². The van der Waals surface area contributed by atoms with Crippen molar-refractivity contribution in [2.24, 2.45) is 22.2 Å². The summed E-state index contributed by atoms with van der Waals surface area (Å²) in [5, 5.41) is 18.9. The molecule has 0 heterocycles. The van der Waals surface area contributed by atoms with Gasteiger partial charge in [-0.15, -0.1) is 0 Å². The van der Waals surface area contributed by atoms with Crippen LogP contribution in [0.2, 0.25) is 0 Å². The maximum atomic E-state index is 12.1. The van der Waals surface area contributed by atoms with Crippen LogP contribution >= 0.6 is 0 Å². The predicted molar refractivity (Wildman–Crippen MR) is 61.0 cm³/mol. The molecule has 2 fully saturated rings. The molecular weight excluding hydrogens is 248 g/mol. The van der Waals surface area contributed by atoms with E-state index in [-0.39, 0.29) is 5.92 Å². The minimum Gasteiger partial charge on any atom is -0.468 e. The predicted octanol–water partition coefficient (Wildman–Crippen LogP) is 0.782. The van der Waals surface area contributed by atoms with Crippen molar-refractivity contribution >= 4 is 11.9 Å². The van der Waals surface area contributed by atoms with E-state index in [1.165, 1.54) is 0 Å². The summed E-state index contributed by atoms with van der Waals surface area (Å²) in [6.07, 6.45) is 1.58. The molecule has 2 rings (SSSR count). The van der Waals surface area contributed by atoms with Crippen LogP contribution in [-0.4, -0.2) is 26.2 Å². The van der Waals surface area contributed by atoms with Crippen LogP contribution < -0.4 is 0 Å². The van der Waals surface area contributed by atoms with Crippen molar-refractivity contribution in [2.75, 3.05) is 14.2 Å². The molecule has 2 unspecified atom stereocenters. The van der Waals surface area contributed by atoms with Gasteiger partial charge in [0.25, 0.3) is 0 Å². The zero-order valence-electron chi connectivity index (χ0n) is 11.0. The fraction of sp³-hybridized carbons (Fsp3) is 0.692. The Kier molecular flexibility index (Phi) is 2.61. The standard InChI is InChI=1S/C13H14N2O4/c1-11(8-4-5-8)12(6-14,9(16)18-2)13(11,7-15)10(17)19-3/h8H,4-5H2,1-3H3. The molecule has 0 radical (unpaired) electrons. The largest absolute Gasteiger partial charge is 0.468 e. The quantitative estimate of drug-likeness (QED) is 0.697. The highest BCUT2D eigenvalue weighted by Crippen LogP contribution is 2.84. The smallest absolute Gasteiger partial charge is 0.329 e. The van der Waals surface area contributed by atoms with Gasteiger partial charge in [-0.25, -0.2) is 0 Å². The molecule has 0 aromatic heterocycles. The number of hydrogen-bond acceptors (Lipinski definition) is 6. The number of esters is 2. The molecular formula is C13H14N2O4. The summed E-state index contributed by atoms with van der Waals surface area (Å²) in [5.41, 5.74) is -4.57. The van der Waals surface area contributed by atoms with Crippen molar-refractivity contribution in [2.45, 2.75) is 19.8 Å². The van der Waals surface area contributed by atoms with Crippen molar-refractivity contribution in [1.82, 2.24) is 0 Å². The Morgan fingerprint density at radius 1 is 1.05 bits per heavy atom. The first-order chi connectivity index (χ1) is 8.94. The number of ether oxygens (including phenoxy) is 2. The van der Waals surface area contributed by atoms with Crippen LogP contribution in [0.1, 0.15) is 19.8 Å². The zero-order chi connectivity index (χ0) is 14.5. The Labute approximate surface area is 110 Å². The molecule has 0 amide bonds. The highest BCUT2D eigenvalue weighted by atomic mass is 16.5.